The summed E-state index contributed by atoms with van der Waals surface area (Å²) in [6, 6.07) is 10.0. The standard InChI is InChI=1S/C15H17N5OS/c1-19-12-13(20(2)15(19)21)22-14(17-12)18-16-10-6-9-11-7-4-3-5-8-11/h3-10,12-13H,1-2H3,(H,17,18)/b9-6+,16-10+. The molecule has 2 atom stereocenters. The summed E-state index contributed by atoms with van der Waals surface area (Å²) in [5.74, 6) is 0. The predicted molar refractivity (Wildman–Crippen MR) is 90.6 cm³/mol. The highest BCUT2D eigenvalue weighted by Gasteiger charge is 2.46. The number of allylic oxidation sites excluding steroid dienone is 1. The van der Waals surface area contributed by atoms with Gasteiger partial charge in [0.15, 0.2) is 11.3 Å². The normalized spacial score (nSPS) is 24.5. The summed E-state index contributed by atoms with van der Waals surface area (Å²) in [6.45, 7) is 0. The molecule has 1 aromatic rings. The summed E-state index contributed by atoms with van der Waals surface area (Å²) >= 11 is 1.52. The van der Waals surface area contributed by atoms with Gasteiger partial charge < -0.3 is 9.80 Å². The summed E-state index contributed by atoms with van der Waals surface area (Å²) in [7, 11) is 3.56. The minimum Gasteiger partial charge on any atom is -0.311 e. The lowest BCUT2D eigenvalue weighted by Crippen LogP contribution is -2.30. The minimum absolute atomic E-state index is 0.000374. The molecule has 7 heteroatoms. The number of nitrogens with one attached hydrogen (secondary N) is 1. The number of rotatable bonds is 3. The Morgan fingerprint density at radius 3 is 2.77 bits per heavy atom. The second-order valence-corrected chi connectivity index (χ2v) is 6.13. The molecule has 0 radical (unpaired) electrons. The SMILES string of the molecule is CN1C(=O)N(C)C2SC(N/N=C/C=C/c3ccccc3)=NC21. The molecule has 3 rings (SSSR count). The van der Waals surface area contributed by atoms with Crippen LogP contribution >= 0.6 is 11.8 Å². The maximum absolute atomic E-state index is 11.8. The average molecular weight is 315 g/mol. The number of nitrogens with zero attached hydrogens (tertiary/aromatic N) is 4. The number of aliphatic imine (C=N–C) groups is 1. The third kappa shape index (κ3) is 2.85. The maximum atomic E-state index is 11.8. The highest BCUT2D eigenvalue weighted by Crippen LogP contribution is 2.35. The van der Waals surface area contributed by atoms with Crippen LogP contribution in [0.4, 0.5) is 4.79 Å². The molecule has 0 bridgehead atoms. The molecule has 1 fully saturated rings. The van der Waals surface area contributed by atoms with Crippen molar-refractivity contribution < 1.29 is 4.79 Å². The van der Waals surface area contributed by atoms with E-state index in [1.54, 1.807) is 30.1 Å². The van der Waals surface area contributed by atoms with Crippen molar-refractivity contribution in [2.24, 2.45) is 10.1 Å². The topological polar surface area (TPSA) is 60.3 Å². The number of carbonyl (C=O) groups is 1. The number of hydrogen-bond acceptors (Lipinski definition) is 5. The van der Waals surface area contributed by atoms with E-state index < -0.39 is 0 Å². The molecule has 2 unspecified atom stereocenters. The maximum Gasteiger partial charge on any atom is 0.322 e. The van der Waals surface area contributed by atoms with E-state index >= 15 is 0 Å². The van der Waals surface area contributed by atoms with Crippen LogP contribution in [0, 0.1) is 0 Å². The van der Waals surface area contributed by atoms with Crippen LogP contribution in [0.2, 0.25) is 0 Å². The van der Waals surface area contributed by atoms with Crippen molar-refractivity contribution >= 4 is 35.3 Å². The van der Waals surface area contributed by atoms with Gasteiger partial charge in [0.2, 0.25) is 0 Å². The van der Waals surface area contributed by atoms with E-state index in [9.17, 15) is 4.79 Å². The van der Waals surface area contributed by atoms with Crippen molar-refractivity contribution in [1.29, 1.82) is 0 Å². The van der Waals surface area contributed by atoms with E-state index in [0.29, 0.717) is 0 Å². The minimum atomic E-state index is -0.139. The van der Waals surface area contributed by atoms with Gasteiger partial charge in [-0.3, -0.25) is 5.43 Å². The smallest absolute Gasteiger partial charge is 0.311 e. The molecule has 114 valence electrons. The zero-order valence-electron chi connectivity index (χ0n) is 12.4. The fraction of sp³-hybridized carbons (Fsp3) is 0.267. The summed E-state index contributed by atoms with van der Waals surface area (Å²) < 4.78 is 0. The average Bonchev–Trinajstić information content (AvgIpc) is 3.04. The fourth-order valence-electron chi connectivity index (χ4n) is 2.33. The molecule has 1 aromatic carbocycles. The molecule has 2 aliphatic rings. The molecule has 0 spiro atoms. The van der Waals surface area contributed by atoms with Crippen LogP contribution in [0.25, 0.3) is 6.08 Å². The molecule has 2 aliphatic heterocycles. The van der Waals surface area contributed by atoms with Gasteiger partial charge in [-0.05, 0) is 11.6 Å². The van der Waals surface area contributed by atoms with Gasteiger partial charge in [-0.1, -0.05) is 48.2 Å². The van der Waals surface area contributed by atoms with E-state index in [2.05, 4.69) is 15.5 Å². The first-order chi connectivity index (χ1) is 10.7. The number of amidine groups is 1. The van der Waals surface area contributed by atoms with Crippen molar-refractivity contribution in [2.75, 3.05) is 14.1 Å². The van der Waals surface area contributed by atoms with Crippen molar-refractivity contribution in [3.63, 3.8) is 0 Å². The number of hydrazone groups is 1. The Kier molecular flexibility index (Phi) is 4.15. The largest absolute Gasteiger partial charge is 0.322 e. The molecule has 0 saturated carbocycles. The monoisotopic (exact) mass is 315 g/mol. The van der Waals surface area contributed by atoms with Crippen LogP contribution < -0.4 is 5.43 Å². The Hall–Kier alpha value is -2.28. The number of thioether (sulfide) groups is 1. The number of urea groups is 1. The molecule has 6 nitrogen and oxygen atoms in total. The Bertz CT molecular complexity index is 643. The Morgan fingerprint density at radius 1 is 1.27 bits per heavy atom. The number of fused-ring (bicyclic) bond motifs is 1. The zero-order chi connectivity index (χ0) is 15.5. The van der Waals surface area contributed by atoms with Crippen LogP contribution in [-0.2, 0) is 0 Å². The lowest BCUT2D eigenvalue weighted by molar-refractivity contribution is 0.201. The second kappa shape index (κ2) is 6.23. The van der Waals surface area contributed by atoms with Gasteiger partial charge in [0.25, 0.3) is 0 Å². The third-order valence-corrected chi connectivity index (χ3v) is 4.75. The first-order valence-corrected chi connectivity index (χ1v) is 7.79. The highest BCUT2D eigenvalue weighted by atomic mass is 32.2. The van der Waals surface area contributed by atoms with Gasteiger partial charge in [0.1, 0.15) is 5.37 Å². The Labute approximate surface area is 133 Å². The summed E-state index contributed by atoms with van der Waals surface area (Å²) in [5, 5.41) is 4.88. The van der Waals surface area contributed by atoms with E-state index in [1.165, 1.54) is 11.8 Å². The van der Waals surface area contributed by atoms with Crippen molar-refractivity contribution in [3.05, 3.63) is 42.0 Å². The van der Waals surface area contributed by atoms with Crippen LogP contribution in [0.3, 0.4) is 0 Å². The number of carbonyl (C=O) groups excluding carboxylic acids is 1. The predicted octanol–water partition coefficient (Wildman–Crippen LogP) is 2.03. The second-order valence-electron chi connectivity index (χ2n) is 5.02. The quantitative estimate of drug-likeness (QED) is 0.686. The number of amides is 2. The lowest BCUT2D eigenvalue weighted by atomic mass is 10.2. The summed E-state index contributed by atoms with van der Waals surface area (Å²) in [6.07, 6.45) is 5.39. The molecular weight excluding hydrogens is 298 g/mol. The van der Waals surface area contributed by atoms with Gasteiger partial charge in [-0.15, -0.1) is 0 Å². The summed E-state index contributed by atoms with van der Waals surface area (Å²) in [5.41, 5.74) is 4.04. The summed E-state index contributed by atoms with van der Waals surface area (Å²) in [4.78, 5) is 19.6. The van der Waals surface area contributed by atoms with E-state index in [4.69, 9.17) is 0 Å². The van der Waals surface area contributed by atoms with Gasteiger partial charge in [0, 0.05) is 20.3 Å². The molecule has 2 heterocycles. The Balaban J connectivity index is 1.54. The van der Waals surface area contributed by atoms with Gasteiger partial charge in [-0.25, -0.2) is 9.79 Å². The molecule has 1 saturated heterocycles. The van der Waals surface area contributed by atoms with Crippen molar-refractivity contribution in [3.8, 4) is 0 Å². The fourth-order valence-corrected chi connectivity index (χ4v) is 3.44. The highest BCUT2D eigenvalue weighted by molar-refractivity contribution is 8.14. The first-order valence-electron chi connectivity index (χ1n) is 6.91. The molecular formula is C15H17N5OS. The van der Waals surface area contributed by atoms with Crippen molar-refractivity contribution in [1.82, 2.24) is 15.2 Å². The van der Waals surface area contributed by atoms with E-state index in [-0.39, 0.29) is 17.6 Å². The third-order valence-electron chi connectivity index (χ3n) is 3.53. The molecule has 0 aromatic heterocycles. The molecule has 2 amide bonds. The Morgan fingerprint density at radius 2 is 2.05 bits per heavy atom. The molecule has 0 aliphatic carbocycles. The number of benzene rings is 1. The van der Waals surface area contributed by atoms with Crippen LogP contribution in [-0.4, -0.2) is 52.8 Å². The van der Waals surface area contributed by atoms with Crippen LogP contribution in [0.5, 0.6) is 0 Å². The van der Waals surface area contributed by atoms with Crippen LogP contribution in [0.1, 0.15) is 5.56 Å². The van der Waals surface area contributed by atoms with Crippen molar-refractivity contribution in [2.45, 2.75) is 11.5 Å². The van der Waals surface area contributed by atoms with Gasteiger partial charge >= 0.3 is 6.03 Å². The first kappa shape index (κ1) is 14.6. The number of hydrogen-bond donors (Lipinski definition) is 1. The molecule has 22 heavy (non-hydrogen) atoms. The van der Waals surface area contributed by atoms with Gasteiger partial charge in [0.05, 0.1) is 0 Å². The zero-order valence-corrected chi connectivity index (χ0v) is 13.2. The van der Waals surface area contributed by atoms with E-state index in [0.717, 1.165) is 10.7 Å². The van der Waals surface area contributed by atoms with Gasteiger partial charge in [-0.2, -0.15) is 5.10 Å². The van der Waals surface area contributed by atoms with Crippen LogP contribution in [0.15, 0.2) is 46.5 Å². The number of likely N-dealkylation sites (N-methyl/N-ethyl adjacent to an activating group) is 2. The van der Waals surface area contributed by atoms with E-state index in [1.807, 2.05) is 42.5 Å². The molecule has 1 N–H and O–H groups in total. The lowest BCUT2D eigenvalue weighted by Gasteiger charge is -2.14.